The highest BCUT2D eigenvalue weighted by molar-refractivity contribution is 6.17. The Labute approximate surface area is 269 Å². The van der Waals surface area contributed by atoms with Crippen molar-refractivity contribution in [2.75, 3.05) is 0 Å². The third-order valence-electron chi connectivity index (χ3n) is 9.41. The third kappa shape index (κ3) is 3.69. The van der Waals surface area contributed by atoms with Crippen LogP contribution in [0.25, 0.3) is 98.5 Å². The highest BCUT2D eigenvalue weighted by Gasteiger charge is 2.21. The second-order valence-corrected chi connectivity index (χ2v) is 12.0. The summed E-state index contributed by atoms with van der Waals surface area (Å²) < 4.78 is 15.2. The molecule has 0 N–H and O–H groups in total. The van der Waals surface area contributed by atoms with Crippen LogP contribution >= 0.6 is 0 Å². The SMILES string of the molecule is [C-]#[N+]c1cc(-c2cccc3oc4ccccc4c23)cc2c1oc1c(-n3c4ccccc4c4cc(-c5ccccc5)ccc43)cccc12. The molecule has 47 heavy (non-hydrogen) atoms. The maximum atomic E-state index is 8.16. The van der Waals surface area contributed by atoms with E-state index in [1.165, 1.54) is 21.9 Å². The van der Waals surface area contributed by atoms with Crippen LogP contribution in [0.3, 0.4) is 0 Å². The summed E-state index contributed by atoms with van der Waals surface area (Å²) in [5.41, 5.74) is 11.0. The lowest BCUT2D eigenvalue weighted by Crippen LogP contribution is -1.94. The molecular formula is C43H24N2O2. The predicted octanol–water partition coefficient (Wildman–Crippen LogP) is 12.5. The highest BCUT2D eigenvalue weighted by atomic mass is 16.3. The Balaban J connectivity index is 1.24. The summed E-state index contributed by atoms with van der Waals surface area (Å²) in [5.74, 6) is 0. The Bertz CT molecular complexity index is 2920. The first-order chi connectivity index (χ1) is 23.3. The minimum absolute atomic E-state index is 0.485. The molecule has 0 bridgehead atoms. The summed E-state index contributed by atoms with van der Waals surface area (Å²) in [7, 11) is 0. The van der Waals surface area contributed by atoms with E-state index in [0.717, 1.165) is 66.1 Å². The van der Waals surface area contributed by atoms with Crippen LogP contribution in [-0.4, -0.2) is 4.57 Å². The molecule has 0 atom stereocenters. The van der Waals surface area contributed by atoms with Crippen LogP contribution in [0.5, 0.6) is 0 Å². The van der Waals surface area contributed by atoms with Gasteiger partial charge in [-0.25, -0.2) is 4.85 Å². The van der Waals surface area contributed by atoms with E-state index in [0.29, 0.717) is 11.3 Å². The number of nitrogens with zero attached hydrogens (tertiary/aromatic N) is 2. The number of fused-ring (bicyclic) bond motifs is 9. The van der Waals surface area contributed by atoms with E-state index in [2.05, 4.69) is 113 Å². The first-order valence-electron chi connectivity index (χ1n) is 15.6. The van der Waals surface area contributed by atoms with Gasteiger partial charge in [-0.3, -0.25) is 0 Å². The lowest BCUT2D eigenvalue weighted by Gasteiger charge is -2.09. The molecule has 0 fully saturated rings. The minimum Gasteiger partial charge on any atom is -0.465 e. The van der Waals surface area contributed by atoms with Crippen molar-refractivity contribution in [1.82, 2.24) is 4.57 Å². The van der Waals surface area contributed by atoms with Crippen molar-refractivity contribution in [3.63, 3.8) is 0 Å². The first-order valence-corrected chi connectivity index (χ1v) is 15.6. The second kappa shape index (κ2) is 9.71. The summed E-state index contributed by atoms with van der Waals surface area (Å²) in [6, 6.07) is 50.3. The molecule has 0 aliphatic rings. The second-order valence-electron chi connectivity index (χ2n) is 12.0. The molecule has 4 heteroatoms. The number of furan rings is 2. The topological polar surface area (TPSA) is 35.6 Å². The lowest BCUT2D eigenvalue weighted by molar-refractivity contribution is 0.668. The molecule has 0 unspecified atom stereocenters. The van der Waals surface area contributed by atoms with E-state index in [-0.39, 0.29) is 0 Å². The van der Waals surface area contributed by atoms with Gasteiger partial charge in [0.15, 0.2) is 5.58 Å². The van der Waals surface area contributed by atoms with Crippen molar-refractivity contribution >= 4 is 71.4 Å². The maximum Gasteiger partial charge on any atom is 0.230 e. The van der Waals surface area contributed by atoms with Crippen LogP contribution in [0.15, 0.2) is 154 Å². The third-order valence-corrected chi connectivity index (χ3v) is 9.41. The molecule has 4 nitrogen and oxygen atoms in total. The number of para-hydroxylation sites is 3. The van der Waals surface area contributed by atoms with Gasteiger partial charge < -0.3 is 13.4 Å². The van der Waals surface area contributed by atoms with Gasteiger partial charge in [0.2, 0.25) is 5.69 Å². The van der Waals surface area contributed by atoms with Crippen molar-refractivity contribution < 1.29 is 8.83 Å². The zero-order valence-electron chi connectivity index (χ0n) is 25.1. The van der Waals surface area contributed by atoms with Gasteiger partial charge in [-0.2, -0.15) is 0 Å². The van der Waals surface area contributed by atoms with Gasteiger partial charge in [-0.1, -0.05) is 97.1 Å². The van der Waals surface area contributed by atoms with Gasteiger partial charge in [0.25, 0.3) is 0 Å². The number of hydrogen-bond acceptors (Lipinski definition) is 2. The van der Waals surface area contributed by atoms with Crippen LogP contribution in [0, 0.1) is 6.57 Å². The molecule has 0 aliphatic heterocycles. The first kappa shape index (κ1) is 25.7. The number of rotatable bonds is 3. The Morgan fingerprint density at radius 2 is 1.19 bits per heavy atom. The molecule has 0 saturated heterocycles. The molecule has 0 spiro atoms. The van der Waals surface area contributed by atoms with Crippen molar-refractivity contribution in [2.45, 2.75) is 0 Å². The van der Waals surface area contributed by atoms with Crippen molar-refractivity contribution in [3.05, 3.63) is 157 Å². The summed E-state index contributed by atoms with van der Waals surface area (Å²) in [6.45, 7) is 8.16. The summed E-state index contributed by atoms with van der Waals surface area (Å²) >= 11 is 0. The number of hydrogen-bond donors (Lipinski definition) is 0. The van der Waals surface area contributed by atoms with E-state index in [1.54, 1.807) is 0 Å². The van der Waals surface area contributed by atoms with E-state index >= 15 is 0 Å². The summed E-state index contributed by atoms with van der Waals surface area (Å²) in [4.78, 5) is 3.97. The van der Waals surface area contributed by atoms with Crippen LogP contribution in [-0.2, 0) is 0 Å². The Kier molecular flexibility index (Phi) is 5.32. The Morgan fingerprint density at radius 3 is 2.09 bits per heavy atom. The van der Waals surface area contributed by atoms with Crippen molar-refractivity contribution in [3.8, 4) is 27.9 Å². The maximum absolute atomic E-state index is 8.16. The molecule has 0 radical (unpaired) electrons. The smallest absolute Gasteiger partial charge is 0.230 e. The van der Waals surface area contributed by atoms with Crippen LogP contribution in [0.2, 0.25) is 0 Å². The van der Waals surface area contributed by atoms with Crippen molar-refractivity contribution in [1.29, 1.82) is 0 Å². The monoisotopic (exact) mass is 600 g/mol. The molecule has 3 heterocycles. The quantitative estimate of drug-likeness (QED) is 0.189. The average Bonchev–Trinajstić information content (AvgIpc) is 3.81. The molecule has 218 valence electrons. The van der Waals surface area contributed by atoms with E-state index in [4.69, 9.17) is 15.4 Å². The molecule has 10 rings (SSSR count). The summed E-state index contributed by atoms with van der Waals surface area (Å²) in [6.07, 6.45) is 0. The Morgan fingerprint density at radius 1 is 0.468 bits per heavy atom. The zero-order valence-corrected chi connectivity index (χ0v) is 25.1. The fraction of sp³-hybridized carbons (Fsp3) is 0. The largest absolute Gasteiger partial charge is 0.465 e. The average molecular weight is 601 g/mol. The van der Waals surface area contributed by atoms with Gasteiger partial charge in [0.1, 0.15) is 16.7 Å². The normalized spacial score (nSPS) is 11.8. The highest BCUT2D eigenvalue weighted by Crippen LogP contribution is 2.45. The van der Waals surface area contributed by atoms with Gasteiger partial charge >= 0.3 is 0 Å². The Hall–Kier alpha value is -6.57. The lowest BCUT2D eigenvalue weighted by atomic mass is 9.97. The van der Waals surface area contributed by atoms with E-state index in [9.17, 15) is 0 Å². The van der Waals surface area contributed by atoms with Crippen LogP contribution in [0.1, 0.15) is 0 Å². The molecule has 3 aromatic heterocycles. The zero-order chi connectivity index (χ0) is 31.1. The number of aromatic nitrogens is 1. The molecular weight excluding hydrogens is 576 g/mol. The summed E-state index contributed by atoms with van der Waals surface area (Å²) in [5, 5.41) is 6.36. The number of benzene rings is 7. The predicted molar refractivity (Wildman–Crippen MR) is 192 cm³/mol. The van der Waals surface area contributed by atoms with Gasteiger partial charge in [0, 0.05) is 32.3 Å². The fourth-order valence-electron chi connectivity index (χ4n) is 7.34. The molecule has 0 aliphatic carbocycles. The molecule has 10 aromatic rings. The fourth-order valence-corrected chi connectivity index (χ4v) is 7.34. The standard InChI is InChI=1S/C43H24N2O2/c1-44-35-25-28(29-15-10-20-40-41(29)32-14-6-8-19-39(32)46-40)24-34-31-16-9-18-38(43(31)47-42(34)35)45-36-17-7-5-13-30(36)33-23-27(21-22-37(33)45)26-11-3-2-4-12-26/h2-25H. The van der Waals surface area contributed by atoms with E-state index in [1.807, 2.05) is 42.5 Å². The molecule has 7 aromatic carbocycles. The molecule has 0 saturated carbocycles. The van der Waals surface area contributed by atoms with E-state index < -0.39 is 0 Å². The minimum atomic E-state index is 0.485. The van der Waals surface area contributed by atoms with Crippen LogP contribution in [0.4, 0.5) is 5.69 Å². The van der Waals surface area contributed by atoms with Gasteiger partial charge in [-0.15, -0.1) is 0 Å². The van der Waals surface area contributed by atoms with Crippen LogP contribution < -0.4 is 0 Å². The van der Waals surface area contributed by atoms with Crippen molar-refractivity contribution in [2.24, 2.45) is 0 Å². The van der Waals surface area contributed by atoms with Gasteiger partial charge in [0.05, 0.1) is 23.3 Å². The van der Waals surface area contributed by atoms with Gasteiger partial charge in [-0.05, 0) is 70.8 Å². The molecule has 0 amide bonds.